The third kappa shape index (κ3) is 8.53. The van der Waals surface area contributed by atoms with Crippen molar-refractivity contribution >= 4 is 12.1 Å². The minimum absolute atomic E-state index is 0.00361. The van der Waals surface area contributed by atoms with Gasteiger partial charge in [-0.25, -0.2) is 4.79 Å². The molecule has 0 spiro atoms. The van der Waals surface area contributed by atoms with Crippen molar-refractivity contribution in [2.45, 2.75) is 52.4 Å². The van der Waals surface area contributed by atoms with Crippen molar-refractivity contribution in [3.63, 3.8) is 0 Å². The lowest BCUT2D eigenvalue weighted by molar-refractivity contribution is -0.144. The number of hydrogen-bond donors (Lipinski definition) is 1. The van der Waals surface area contributed by atoms with E-state index in [9.17, 15) is 9.59 Å². The van der Waals surface area contributed by atoms with E-state index in [-0.39, 0.29) is 13.2 Å². The summed E-state index contributed by atoms with van der Waals surface area (Å²) in [4.78, 5) is 23.1. The molecule has 1 rings (SSSR count). The van der Waals surface area contributed by atoms with Gasteiger partial charge in [0.05, 0.1) is 18.8 Å². The SMILES string of the molecule is CC(=O)OC[C@@](C)(COCc1ccccc1)NC(=O)OC(C)(C)C. The van der Waals surface area contributed by atoms with Crippen molar-refractivity contribution in [3.8, 4) is 0 Å². The molecule has 1 amide bonds. The Balaban J connectivity index is 2.63. The average molecular weight is 337 g/mol. The normalized spacial score (nSPS) is 13.7. The van der Waals surface area contributed by atoms with Gasteiger partial charge in [0.15, 0.2) is 0 Å². The smallest absolute Gasteiger partial charge is 0.408 e. The van der Waals surface area contributed by atoms with E-state index in [1.807, 2.05) is 30.3 Å². The van der Waals surface area contributed by atoms with Crippen LogP contribution < -0.4 is 5.32 Å². The second-order valence-electron chi connectivity index (χ2n) is 6.95. The molecule has 0 heterocycles. The molecule has 0 aliphatic carbocycles. The highest BCUT2D eigenvalue weighted by atomic mass is 16.6. The summed E-state index contributed by atoms with van der Waals surface area (Å²) in [6, 6.07) is 9.68. The summed E-state index contributed by atoms with van der Waals surface area (Å²) in [5, 5.41) is 2.73. The molecule has 0 unspecified atom stereocenters. The maximum Gasteiger partial charge on any atom is 0.408 e. The number of ether oxygens (including phenoxy) is 3. The molecule has 0 aliphatic rings. The number of rotatable bonds is 7. The molecule has 0 saturated carbocycles. The molecular formula is C18H27NO5. The zero-order valence-corrected chi connectivity index (χ0v) is 15.0. The minimum Gasteiger partial charge on any atom is -0.463 e. The number of amides is 1. The second kappa shape index (κ2) is 8.68. The number of nitrogens with one attached hydrogen (secondary N) is 1. The van der Waals surface area contributed by atoms with Crippen molar-refractivity contribution < 1.29 is 23.8 Å². The first-order valence-corrected chi connectivity index (χ1v) is 7.86. The molecule has 1 aromatic carbocycles. The predicted octanol–water partition coefficient (Wildman–Crippen LogP) is 3.05. The first kappa shape index (κ1) is 20.0. The molecular weight excluding hydrogens is 310 g/mol. The standard InChI is InChI=1S/C18H27NO5/c1-14(20)23-13-18(5,19-16(21)24-17(2,3)4)12-22-11-15-9-7-6-8-10-15/h6-10H,11-13H2,1-5H3,(H,19,21)/t18-/m1/s1. The fraction of sp³-hybridized carbons (Fsp3) is 0.556. The van der Waals surface area contributed by atoms with E-state index in [1.165, 1.54) is 6.92 Å². The molecule has 1 atom stereocenters. The Morgan fingerprint density at radius 2 is 1.67 bits per heavy atom. The minimum atomic E-state index is -0.886. The summed E-state index contributed by atoms with van der Waals surface area (Å²) in [6.07, 6.45) is -0.583. The van der Waals surface area contributed by atoms with Crippen LogP contribution in [0.4, 0.5) is 4.79 Å². The lowest BCUT2D eigenvalue weighted by Crippen LogP contribution is -2.54. The fourth-order valence-corrected chi connectivity index (χ4v) is 1.89. The number of hydrogen-bond acceptors (Lipinski definition) is 5. The van der Waals surface area contributed by atoms with Gasteiger partial charge in [-0.3, -0.25) is 4.79 Å². The first-order chi connectivity index (χ1) is 11.1. The zero-order chi connectivity index (χ0) is 18.2. The van der Waals surface area contributed by atoms with Crippen LogP contribution in [-0.2, 0) is 25.6 Å². The Labute approximate surface area is 143 Å². The van der Waals surface area contributed by atoms with Crippen molar-refractivity contribution in [2.75, 3.05) is 13.2 Å². The van der Waals surface area contributed by atoms with E-state index >= 15 is 0 Å². The van der Waals surface area contributed by atoms with Gasteiger partial charge in [0.2, 0.25) is 0 Å². The van der Waals surface area contributed by atoms with E-state index < -0.39 is 23.2 Å². The summed E-state index contributed by atoms with van der Waals surface area (Å²) >= 11 is 0. The first-order valence-electron chi connectivity index (χ1n) is 7.86. The highest BCUT2D eigenvalue weighted by Gasteiger charge is 2.31. The third-order valence-corrected chi connectivity index (χ3v) is 2.93. The Morgan fingerprint density at radius 1 is 1.04 bits per heavy atom. The third-order valence-electron chi connectivity index (χ3n) is 2.93. The van der Waals surface area contributed by atoms with Gasteiger partial charge >= 0.3 is 12.1 Å². The van der Waals surface area contributed by atoms with Crippen LogP contribution in [0.25, 0.3) is 0 Å². The van der Waals surface area contributed by atoms with E-state index in [4.69, 9.17) is 14.2 Å². The van der Waals surface area contributed by atoms with E-state index in [0.29, 0.717) is 6.61 Å². The summed E-state index contributed by atoms with van der Waals surface area (Å²) < 4.78 is 16.0. The van der Waals surface area contributed by atoms with Crippen LogP contribution >= 0.6 is 0 Å². The van der Waals surface area contributed by atoms with Gasteiger partial charge in [0, 0.05) is 6.92 Å². The molecule has 24 heavy (non-hydrogen) atoms. The van der Waals surface area contributed by atoms with Crippen LogP contribution in [0, 0.1) is 0 Å². The van der Waals surface area contributed by atoms with Gasteiger partial charge in [-0.05, 0) is 33.3 Å². The molecule has 0 aromatic heterocycles. The lowest BCUT2D eigenvalue weighted by atomic mass is 10.1. The van der Waals surface area contributed by atoms with Crippen LogP contribution in [0.1, 0.15) is 40.2 Å². The Hall–Kier alpha value is -2.08. The second-order valence-corrected chi connectivity index (χ2v) is 6.95. The molecule has 0 fully saturated rings. The van der Waals surface area contributed by atoms with Crippen LogP contribution in [0.3, 0.4) is 0 Å². The maximum atomic E-state index is 12.0. The molecule has 0 bridgehead atoms. The average Bonchev–Trinajstić information content (AvgIpc) is 2.44. The van der Waals surface area contributed by atoms with Gasteiger partial charge in [0.1, 0.15) is 12.2 Å². The number of benzene rings is 1. The highest BCUT2D eigenvalue weighted by Crippen LogP contribution is 2.12. The topological polar surface area (TPSA) is 73.9 Å². The summed E-state index contributed by atoms with van der Waals surface area (Å²) in [7, 11) is 0. The van der Waals surface area contributed by atoms with Crippen molar-refractivity contribution in [3.05, 3.63) is 35.9 Å². The van der Waals surface area contributed by atoms with Gasteiger partial charge in [0.25, 0.3) is 0 Å². The molecule has 6 nitrogen and oxygen atoms in total. The maximum absolute atomic E-state index is 12.0. The number of alkyl carbamates (subject to hydrolysis) is 1. The monoisotopic (exact) mass is 337 g/mol. The van der Waals surface area contributed by atoms with Crippen molar-refractivity contribution in [1.82, 2.24) is 5.32 Å². The molecule has 0 saturated heterocycles. The number of carbonyl (C=O) groups excluding carboxylic acids is 2. The molecule has 0 aliphatic heterocycles. The van der Waals surface area contributed by atoms with Crippen LogP contribution in [0.5, 0.6) is 0 Å². The Morgan fingerprint density at radius 3 is 2.21 bits per heavy atom. The summed E-state index contributed by atoms with van der Waals surface area (Å²) in [5.41, 5.74) is -0.482. The van der Waals surface area contributed by atoms with Gasteiger partial charge < -0.3 is 19.5 Å². The van der Waals surface area contributed by atoms with E-state index in [1.54, 1.807) is 27.7 Å². The van der Waals surface area contributed by atoms with E-state index in [2.05, 4.69) is 5.32 Å². The summed E-state index contributed by atoms with van der Waals surface area (Å²) in [5.74, 6) is -0.421. The molecule has 1 N–H and O–H groups in total. The Kier molecular flexibility index (Phi) is 7.22. The van der Waals surface area contributed by atoms with Crippen molar-refractivity contribution in [1.29, 1.82) is 0 Å². The Bertz CT molecular complexity index is 538. The van der Waals surface area contributed by atoms with Crippen LogP contribution in [0.2, 0.25) is 0 Å². The van der Waals surface area contributed by atoms with Gasteiger partial charge in [-0.1, -0.05) is 30.3 Å². The number of esters is 1. The molecule has 134 valence electrons. The fourth-order valence-electron chi connectivity index (χ4n) is 1.89. The van der Waals surface area contributed by atoms with Gasteiger partial charge in [-0.15, -0.1) is 0 Å². The molecule has 6 heteroatoms. The highest BCUT2D eigenvalue weighted by molar-refractivity contribution is 5.69. The zero-order valence-electron chi connectivity index (χ0n) is 15.0. The largest absolute Gasteiger partial charge is 0.463 e. The van der Waals surface area contributed by atoms with Gasteiger partial charge in [-0.2, -0.15) is 0 Å². The quantitative estimate of drug-likeness (QED) is 0.774. The molecule has 1 aromatic rings. The summed E-state index contributed by atoms with van der Waals surface area (Å²) in [6.45, 7) is 8.96. The van der Waals surface area contributed by atoms with Crippen LogP contribution in [-0.4, -0.2) is 36.4 Å². The van der Waals surface area contributed by atoms with Crippen molar-refractivity contribution in [2.24, 2.45) is 0 Å². The molecule has 0 radical (unpaired) electrons. The van der Waals surface area contributed by atoms with E-state index in [0.717, 1.165) is 5.56 Å². The predicted molar refractivity (Wildman–Crippen MR) is 90.5 cm³/mol. The van der Waals surface area contributed by atoms with Crippen LogP contribution in [0.15, 0.2) is 30.3 Å². The lowest BCUT2D eigenvalue weighted by Gasteiger charge is -2.31. The number of carbonyl (C=O) groups is 2.